The molecule has 0 aliphatic rings. The van der Waals surface area contributed by atoms with Crippen LogP contribution in [0.1, 0.15) is 30.6 Å². The first-order chi connectivity index (χ1) is 13.0. The van der Waals surface area contributed by atoms with Gasteiger partial charge in [-0.05, 0) is 55.9 Å². The van der Waals surface area contributed by atoms with Crippen LogP contribution in [0, 0.1) is 0 Å². The number of nitrogens with one attached hydrogen (secondary N) is 2. The number of hydrogen-bond acceptors (Lipinski definition) is 6. The molecule has 1 heterocycles. The minimum atomic E-state index is -0.346. The van der Waals surface area contributed by atoms with Gasteiger partial charge in [0, 0.05) is 5.56 Å². The molecule has 1 atom stereocenters. The molecular formula is C18H17ClN4O2S2. The van der Waals surface area contributed by atoms with E-state index < -0.39 is 0 Å². The zero-order valence-corrected chi connectivity index (χ0v) is 17.0. The van der Waals surface area contributed by atoms with Crippen LogP contribution in [0.3, 0.4) is 0 Å². The second kappa shape index (κ2) is 8.60. The highest BCUT2D eigenvalue weighted by Gasteiger charge is 2.14. The van der Waals surface area contributed by atoms with Crippen molar-refractivity contribution in [2.75, 3.05) is 5.32 Å². The van der Waals surface area contributed by atoms with Crippen LogP contribution in [0.4, 0.5) is 5.69 Å². The Labute approximate surface area is 171 Å². The van der Waals surface area contributed by atoms with E-state index in [0.717, 1.165) is 18.1 Å². The lowest BCUT2D eigenvalue weighted by Crippen LogP contribution is -2.34. The fraction of sp³-hybridized carbons (Fsp3) is 0.222. The van der Waals surface area contributed by atoms with E-state index >= 15 is 0 Å². The van der Waals surface area contributed by atoms with Crippen LogP contribution in [0.5, 0.6) is 5.75 Å². The van der Waals surface area contributed by atoms with Crippen LogP contribution in [0.25, 0.3) is 11.0 Å². The predicted molar refractivity (Wildman–Crippen MR) is 113 cm³/mol. The summed E-state index contributed by atoms with van der Waals surface area (Å²) in [6, 6.07) is 10.4. The van der Waals surface area contributed by atoms with Crippen molar-refractivity contribution in [3.05, 3.63) is 47.0 Å². The Morgan fingerprint density at radius 3 is 2.93 bits per heavy atom. The van der Waals surface area contributed by atoms with Crippen molar-refractivity contribution in [2.24, 2.45) is 0 Å². The van der Waals surface area contributed by atoms with Gasteiger partial charge >= 0.3 is 0 Å². The lowest BCUT2D eigenvalue weighted by atomic mass is 10.2. The molecule has 0 saturated heterocycles. The van der Waals surface area contributed by atoms with Crippen LogP contribution in [-0.2, 0) is 0 Å². The van der Waals surface area contributed by atoms with Crippen molar-refractivity contribution in [3.63, 3.8) is 0 Å². The maximum Gasteiger partial charge on any atom is 0.257 e. The maximum atomic E-state index is 12.5. The van der Waals surface area contributed by atoms with Gasteiger partial charge in [-0.2, -0.15) is 8.75 Å². The average molecular weight is 421 g/mol. The number of halogens is 1. The third-order valence-electron chi connectivity index (χ3n) is 3.85. The van der Waals surface area contributed by atoms with E-state index in [0.29, 0.717) is 33.1 Å². The number of carbonyl (C=O) groups excluding carboxylic acids is 1. The van der Waals surface area contributed by atoms with Gasteiger partial charge in [0.15, 0.2) is 5.11 Å². The monoisotopic (exact) mass is 420 g/mol. The van der Waals surface area contributed by atoms with Gasteiger partial charge in [0.1, 0.15) is 16.8 Å². The largest absolute Gasteiger partial charge is 0.491 e. The number of rotatable bonds is 5. The van der Waals surface area contributed by atoms with Gasteiger partial charge in [-0.25, -0.2) is 0 Å². The standard InChI is InChI=1S/C18H17ClN4O2S2/c1-3-10(2)25-12-6-4-5-11(9-12)17(24)21-18(26)20-15-13(19)7-8-14-16(15)23-27-22-14/h4-10H,3H2,1-2H3,(H2,20,21,24,26)/t10-/m0/s1. The molecule has 27 heavy (non-hydrogen) atoms. The van der Waals surface area contributed by atoms with Crippen LogP contribution in [0.15, 0.2) is 36.4 Å². The number of thiocarbonyl (C=S) groups is 1. The summed E-state index contributed by atoms with van der Waals surface area (Å²) in [5.74, 6) is 0.291. The predicted octanol–water partition coefficient (Wildman–Crippen LogP) is 4.65. The molecule has 140 valence electrons. The summed E-state index contributed by atoms with van der Waals surface area (Å²) in [6.07, 6.45) is 0.947. The smallest absolute Gasteiger partial charge is 0.257 e. The van der Waals surface area contributed by atoms with Gasteiger partial charge in [-0.15, -0.1) is 0 Å². The molecule has 3 rings (SSSR count). The third kappa shape index (κ3) is 4.71. The summed E-state index contributed by atoms with van der Waals surface area (Å²) < 4.78 is 14.1. The molecule has 0 fully saturated rings. The van der Waals surface area contributed by atoms with E-state index in [2.05, 4.69) is 19.4 Å². The van der Waals surface area contributed by atoms with Gasteiger partial charge in [0.25, 0.3) is 5.91 Å². The number of hydrogen-bond donors (Lipinski definition) is 2. The lowest BCUT2D eigenvalue weighted by molar-refractivity contribution is 0.0977. The SMILES string of the molecule is CC[C@H](C)Oc1cccc(C(=O)NC(=S)Nc2c(Cl)ccc3nsnc23)c1. The Morgan fingerprint density at radius 1 is 1.33 bits per heavy atom. The summed E-state index contributed by atoms with van der Waals surface area (Å²) in [5, 5.41) is 6.14. The number of benzene rings is 2. The molecule has 9 heteroatoms. The van der Waals surface area contributed by atoms with Gasteiger partial charge in [-0.1, -0.05) is 24.6 Å². The number of fused-ring (bicyclic) bond motifs is 1. The van der Waals surface area contributed by atoms with Crippen LogP contribution in [0.2, 0.25) is 5.02 Å². The summed E-state index contributed by atoms with van der Waals surface area (Å²) >= 11 is 12.6. The zero-order valence-electron chi connectivity index (χ0n) is 14.7. The quantitative estimate of drug-likeness (QED) is 0.585. The molecule has 1 amide bonds. The Balaban J connectivity index is 1.71. The number of ether oxygens (including phenoxy) is 1. The summed E-state index contributed by atoms with van der Waals surface area (Å²) in [6.45, 7) is 4.01. The van der Waals surface area contributed by atoms with Gasteiger partial charge in [0.05, 0.1) is 28.5 Å². The third-order valence-corrected chi connectivity index (χ3v) is 4.91. The van der Waals surface area contributed by atoms with Crippen molar-refractivity contribution >= 4 is 63.3 Å². The molecule has 0 aliphatic carbocycles. The van der Waals surface area contributed by atoms with E-state index in [1.165, 1.54) is 0 Å². The van der Waals surface area contributed by atoms with Gasteiger partial charge < -0.3 is 10.1 Å². The van der Waals surface area contributed by atoms with E-state index in [1.54, 1.807) is 30.3 Å². The first-order valence-corrected chi connectivity index (χ1v) is 9.79. The van der Waals surface area contributed by atoms with Crippen molar-refractivity contribution in [3.8, 4) is 5.75 Å². The molecular weight excluding hydrogens is 404 g/mol. The zero-order chi connectivity index (χ0) is 19.4. The summed E-state index contributed by atoms with van der Waals surface area (Å²) in [7, 11) is 0. The topological polar surface area (TPSA) is 76.1 Å². The molecule has 0 unspecified atom stereocenters. The average Bonchev–Trinajstić information content (AvgIpc) is 3.13. The normalized spacial score (nSPS) is 11.8. The molecule has 2 N–H and O–H groups in total. The highest BCUT2D eigenvalue weighted by atomic mass is 35.5. The molecule has 0 aliphatic heterocycles. The van der Waals surface area contributed by atoms with E-state index in [-0.39, 0.29) is 17.1 Å². The number of aromatic nitrogens is 2. The van der Waals surface area contributed by atoms with Crippen molar-refractivity contribution in [1.29, 1.82) is 0 Å². The van der Waals surface area contributed by atoms with E-state index in [9.17, 15) is 4.79 Å². The molecule has 1 aromatic heterocycles. The second-order valence-electron chi connectivity index (χ2n) is 5.83. The molecule has 0 radical (unpaired) electrons. The van der Waals surface area contributed by atoms with Crippen molar-refractivity contribution in [2.45, 2.75) is 26.4 Å². The summed E-state index contributed by atoms with van der Waals surface area (Å²) in [4.78, 5) is 12.5. The van der Waals surface area contributed by atoms with Crippen LogP contribution >= 0.6 is 35.5 Å². The Bertz CT molecular complexity index is 992. The second-order valence-corrected chi connectivity index (χ2v) is 7.17. The molecule has 3 aromatic rings. The Morgan fingerprint density at radius 2 is 2.15 bits per heavy atom. The van der Waals surface area contributed by atoms with E-state index in [1.807, 2.05) is 19.9 Å². The number of amides is 1. The molecule has 0 spiro atoms. The molecule has 0 bridgehead atoms. The lowest BCUT2D eigenvalue weighted by Gasteiger charge is -2.14. The number of anilines is 1. The first-order valence-electron chi connectivity index (χ1n) is 8.27. The van der Waals surface area contributed by atoms with Crippen molar-refractivity contribution in [1.82, 2.24) is 14.1 Å². The number of carbonyl (C=O) groups is 1. The first kappa shape index (κ1) is 19.5. The molecule has 2 aromatic carbocycles. The van der Waals surface area contributed by atoms with Gasteiger partial charge in [0.2, 0.25) is 0 Å². The Hall–Kier alpha value is -2.29. The fourth-order valence-corrected chi connectivity index (χ4v) is 3.23. The highest BCUT2D eigenvalue weighted by Crippen LogP contribution is 2.29. The maximum absolute atomic E-state index is 12.5. The van der Waals surface area contributed by atoms with Crippen LogP contribution in [-0.4, -0.2) is 25.9 Å². The number of nitrogens with zero attached hydrogens (tertiary/aromatic N) is 2. The summed E-state index contributed by atoms with van der Waals surface area (Å²) in [5.41, 5.74) is 2.27. The highest BCUT2D eigenvalue weighted by molar-refractivity contribution is 7.80. The van der Waals surface area contributed by atoms with Crippen LogP contribution < -0.4 is 15.4 Å². The van der Waals surface area contributed by atoms with E-state index in [4.69, 9.17) is 28.6 Å². The fourth-order valence-electron chi connectivity index (χ4n) is 2.29. The minimum Gasteiger partial charge on any atom is -0.491 e. The Kier molecular flexibility index (Phi) is 6.20. The van der Waals surface area contributed by atoms with Crippen molar-refractivity contribution < 1.29 is 9.53 Å². The van der Waals surface area contributed by atoms with Gasteiger partial charge in [-0.3, -0.25) is 10.1 Å². The molecule has 6 nitrogen and oxygen atoms in total. The molecule has 0 saturated carbocycles. The minimum absolute atomic E-state index is 0.0698.